The Hall–Kier alpha value is -0.940. The molecule has 0 aliphatic carbocycles. The lowest BCUT2D eigenvalue weighted by Crippen LogP contribution is -2.06. The van der Waals surface area contributed by atoms with Gasteiger partial charge in [-0.3, -0.25) is 0 Å². The normalized spacial score (nSPS) is 13.3. The highest BCUT2D eigenvalue weighted by molar-refractivity contribution is 7.91. The van der Waals surface area contributed by atoms with Crippen molar-refractivity contribution < 1.29 is 17.7 Å². The SMILES string of the molecule is [O-][S+](CC=CCCCCCCCCCCCCC(F)(F)F)c1ccccc1. The summed E-state index contributed by atoms with van der Waals surface area (Å²) < 4.78 is 48.0. The van der Waals surface area contributed by atoms with Crippen molar-refractivity contribution in [1.29, 1.82) is 0 Å². The van der Waals surface area contributed by atoms with Crippen LogP contribution in [-0.2, 0) is 11.2 Å². The quantitative estimate of drug-likeness (QED) is 0.168. The number of rotatable bonds is 15. The van der Waals surface area contributed by atoms with Gasteiger partial charge in [0.25, 0.3) is 0 Å². The van der Waals surface area contributed by atoms with Crippen LogP contribution in [0, 0.1) is 0 Å². The number of benzene rings is 1. The van der Waals surface area contributed by atoms with Crippen molar-refractivity contribution >= 4 is 11.2 Å². The van der Waals surface area contributed by atoms with Gasteiger partial charge < -0.3 is 4.55 Å². The van der Waals surface area contributed by atoms with Crippen LogP contribution in [0.3, 0.4) is 0 Å². The van der Waals surface area contributed by atoms with E-state index in [4.69, 9.17) is 0 Å². The summed E-state index contributed by atoms with van der Waals surface area (Å²) in [6, 6.07) is 9.53. The maximum absolute atomic E-state index is 12.0. The fourth-order valence-corrected chi connectivity index (χ4v) is 3.91. The number of allylic oxidation sites excluding steroid dienone is 1. The molecule has 1 atom stereocenters. The molecule has 0 aromatic heterocycles. The van der Waals surface area contributed by atoms with Crippen molar-refractivity contribution in [3.05, 3.63) is 42.5 Å². The molecular formula is C22H33F3OS. The van der Waals surface area contributed by atoms with Crippen molar-refractivity contribution in [2.24, 2.45) is 0 Å². The minimum absolute atomic E-state index is 0.274. The van der Waals surface area contributed by atoms with Crippen LogP contribution in [0.15, 0.2) is 47.4 Å². The summed E-state index contributed by atoms with van der Waals surface area (Å²) in [6.45, 7) is 0. The van der Waals surface area contributed by atoms with Gasteiger partial charge in [-0.05, 0) is 48.6 Å². The third kappa shape index (κ3) is 14.7. The van der Waals surface area contributed by atoms with Crippen LogP contribution >= 0.6 is 0 Å². The molecule has 0 fully saturated rings. The van der Waals surface area contributed by atoms with E-state index in [-0.39, 0.29) is 6.42 Å². The Labute approximate surface area is 165 Å². The molecule has 0 spiro atoms. The van der Waals surface area contributed by atoms with Gasteiger partial charge in [-0.15, -0.1) is 0 Å². The molecule has 0 heterocycles. The van der Waals surface area contributed by atoms with E-state index in [1.54, 1.807) is 0 Å². The van der Waals surface area contributed by atoms with Crippen molar-refractivity contribution in [3.8, 4) is 0 Å². The minimum Gasteiger partial charge on any atom is -0.611 e. The summed E-state index contributed by atoms with van der Waals surface area (Å²) in [5.74, 6) is 0.576. The largest absolute Gasteiger partial charge is 0.611 e. The predicted octanol–water partition coefficient (Wildman–Crippen LogP) is 7.59. The third-order valence-electron chi connectivity index (χ3n) is 4.50. The minimum atomic E-state index is -3.99. The summed E-state index contributed by atoms with van der Waals surface area (Å²) >= 11 is -0.946. The monoisotopic (exact) mass is 402 g/mol. The first-order chi connectivity index (χ1) is 13.0. The van der Waals surface area contributed by atoms with Crippen LogP contribution in [0.4, 0.5) is 13.2 Å². The Morgan fingerprint density at radius 1 is 0.741 bits per heavy atom. The Morgan fingerprint density at radius 3 is 1.81 bits per heavy atom. The first kappa shape index (κ1) is 24.1. The van der Waals surface area contributed by atoms with Gasteiger partial charge in [-0.1, -0.05) is 75.6 Å². The van der Waals surface area contributed by atoms with E-state index in [0.29, 0.717) is 12.2 Å². The van der Waals surface area contributed by atoms with Crippen molar-refractivity contribution in [1.82, 2.24) is 0 Å². The second-order valence-corrected chi connectivity index (χ2v) is 8.48. The van der Waals surface area contributed by atoms with E-state index < -0.39 is 23.8 Å². The molecule has 5 heteroatoms. The molecule has 0 amide bonds. The molecule has 0 radical (unpaired) electrons. The van der Waals surface area contributed by atoms with Gasteiger partial charge >= 0.3 is 6.18 Å². The number of unbranched alkanes of at least 4 members (excludes halogenated alkanes) is 10. The van der Waals surface area contributed by atoms with Gasteiger partial charge in [0.15, 0.2) is 4.90 Å². The summed E-state index contributed by atoms with van der Waals surface area (Å²) in [4.78, 5) is 0.877. The first-order valence-electron chi connectivity index (χ1n) is 10.1. The molecule has 0 saturated carbocycles. The van der Waals surface area contributed by atoms with Gasteiger partial charge in [0.2, 0.25) is 0 Å². The number of hydrogen-bond acceptors (Lipinski definition) is 1. The fraction of sp³-hybridized carbons (Fsp3) is 0.636. The second-order valence-electron chi connectivity index (χ2n) is 6.99. The van der Waals surface area contributed by atoms with E-state index in [1.807, 2.05) is 36.4 Å². The van der Waals surface area contributed by atoms with Crippen LogP contribution in [0.25, 0.3) is 0 Å². The number of hydrogen-bond donors (Lipinski definition) is 0. The van der Waals surface area contributed by atoms with Crippen LogP contribution in [0.5, 0.6) is 0 Å². The zero-order valence-electron chi connectivity index (χ0n) is 16.2. The molecule has 1 unspecified atom stereocenters. The summed E-state index contributed by atoms with van der Waals surface area (Å²) in [5.41, 5.74) is 0. The average molecular weight is 403 g/mol. The molecular weight excluding hydrogens is 369 g/mol. The Bertz CT molecular complexity index is 488. The number of halogens is 3. The lowest BCUT2D eigenvalue weighted by atomic mass is 10.1. The van der Waals surface area contributed by atoms with E-state index in [9.17, 15) is 17.7 Å². The summed E-state index contributed by atoms with van der Waals surface area (Å²) in [5, 5.41) is 0. The molecule has 1 rings (SSSR count). The van der Waals surface area contributed by atoms with Crippen molar-refractivity contribution in [2.75, 3.05) is 5.75 Å². The molecule has 0 N–H and O–H groups in total. The van der Waals surface area contributed by atoms with Gasteiger partial charge in [0.1, 0.15) is 5.75 Å². The molecule has 0 saturated heterocycles. The lowest BCUT2D eigenvalue weighted by molar-refractivity contribution is -0.135. The van der Waals surface area contributed by atoms with Crippen LogP contribution in [0.1, 0.15) is 77.0 Å². The number of alkyl halides is 3. The maximum atomic E-state index is 12.0. The second kappa shape index (κ2) is 15.0. The van der Waals surface area contributed by atoms with E-state index >= 15 is 0 Å². The molecule has 27 heavy (non-hydrogen) atoms. The molecule has 0 aliphatic heterocycles. The smallest absolute Gasteiger partial charge is 0.389 e. The highest BCUT2D eigenvalue weighted by Crippen LogP contribution is 2.23. The van der Waals surface area contributed by atoms with Crippen LogP contribution in [-0.4, -0.2) is 16.5 Å². The standard InChI is InChI=1S/C22H33F3OS/c23-22(24,25)19-15-10-8-6-4-2-1-3-5-7-9-11-16-20-27(26)21-17-13-12-14-18-21/h11-14,16-18H,1-10,15,19-20H2. The van der Waals surface area contributed by atoms with Gasteiger partial charge in [-0.25, -0.2) is 0 Å². The molecule has 1 aromatic rings. The summed E-state index contributed by atoms with van der Waals surface area (Å²) in [7, 11) is 0. The van der Waals surface area contributed by atoms with Gasteiger partial charge in [0, 0.05) is 6.42 Å². The van der Waals surface area contributed by atoms with Crippen LogP contribution in [0.2, 0.25) is 0 Å². The third-order valence-corrected chi connectivity index (χ3v) is 5.79. The topological polar surface area (TPSA) is 23.1 Å². The predicted molar refractivity (Wildman–Crippen MR) is 108 cm³/mol. The maximum Gasteiger partial charge on any atom is 0.389 e. The average Bonchev–Trinajstić information content (AvgIpc) is 2.64. The van der Waals surface area contributed by atoms with Crippen molar-refractivity contribution in [3.63, 3.8) is 0 Å². The molecule has 1 nitrogen and oxygen atoms in total. The lowest BCUT2D eigenvalue weighted by Gasteiger charge is -2.07. The zero-order chi connectivity index (χ0) is 19.8. The Morgan fingerprint density at radius 2 is 1.26 bits per heavy atom. The zero-order valence-corrected chi connectivity index (χ0v) is 17.0. The fourth-order valence-electron chi connectivity index (χ4n) is 2.94. The van der Waals surface area contributed by atoms with Crippen molar-refractivity contribution in [2.45, 2.75) is 88.1 Å². The van der Waals surface area contributed by atoms with E-state index in [2.05, 4.69) is 6.08 Å². The first-order valence-corrected chi connectivity index (χ1v) is 11.5. The van der Waals surface area contributed by atoms with E-state index in [1.165, 1.54) is 25.7 Å². The Kier molecular flexibility index (Phi) is 13.4. The van der Waals surface area contributed by atoms with E-state index in [0.717, 1.165) is 37.0 Å². The van der Waals surface area contributed by atoms with Gasteiger partial charge in [0.05, 0.1) is 0 Å². The molecule has 0 aliphatic rings. The summed E-state index contributed by atoms with van der Waals surface area (Å²) in [6.07, 6.45) is 10.6. The highest BCUT2D eigenvalue weighted by Gasteiger charge is 2.25. The Balaban J connectivity index is 1.84. The van der Waals surface area contributed by atoms with Gasteiger partial charge in [-0.2, -0.15) is 13.2 Å². The highest BCUT2D eigenvalue weighted by atomic mass is 32.2. The molecule has 154 valence electrons. The molecule has 1 aromatic carbocycles. The molecule has 0 bridgehead atoms. The van der Waals surface area contributed by atoms with Crippen LogP contribution < -0.4 is 0 Å².